The summed E-state index contributed by atoms with van der Waals surface area (Å²) >= 11 is 0. The number of nitrogens with one attached hydrogen (secondary N) is 2. The Morgan fingerprint density at radius 1 is 1.00 bits per heavy atom. The first-order chi connectivity index (χ1) is 12.0. The van der Waals surface area contributed by atoms with Gasteiger partial charge in [0.15, 0.2) is 11.5 Å². The van der Waals surface area contributed by atoms with Crippen molar-refractivity contribution in [3.05, 3.63) is 53.1 Å². The van der Waals surface area contributed by atoms with Gasteiger partial charge in [-0.1, -0.05) is 24.3 Å². The Hall–Kier alpha value is -2.53. The minimum absolute atomic E-state index is 0.0373. The average molecular weight is 342 g/mol. The third kappa shape index (κ3) is 5.22. The molecule has 0 heterocycles. The number of ether oxygens (including phenoxy) is 2. The number of carbonyl (C=O) groups is 1. The van der Waals surface area contributed by atoms with Crippen LogP contribution in [0.15, 0.2) is 36.4 Å². The van der Waals surface area contributed by atoms with Gasteiger partial charge in [0.1, 0.15) is 0 Å². The highest BCUT2D eigenvalue weighted by Gasteiger charge is 2.07. The Labute approximate surface area is 149 Å². The molecule has 2 aromatic carbocycles. The SMILES string of the molecule is COc1ccc(CCNCC(=O)Nc2c(C)cccc2C)cc1OC. The van der Waals surface area contributed by atoms with Crippen LogP contribution in [0.25, 0.3) is 0 Å². The third-order valence-electron chi connectivity index (χ3n) is 4.07. The van der Waals surface area contributed by atoms with Crippen molar-refractivity contribution in [2.45, 2.75) is 20.3 Å². The summed E-state index contributed by atoms with van der Waals surface area (Å²) in [6.07, 6.45) is 0.803. The lowest BCUT2D eigenvalue weighted by Crippen LogP contribution is -2.30. The van der Waals surface area contributed by atoms with Crippen molar-refractivity contribution in [3.63, 3.8) is 0 Å². The van der Waals surface area contributed by atoms with Gasteiger partial charge < -0.3 is 20.1 Å². The van der Waals surface area contributed by atoms with Gasteiger partial charge >= 0.3 is 0 Å². The van der Waals surface area contributed by atoms with Crippen LogP contribution >= 0.6 is 0 Å². The second kappa shape index (κ2) is 9.08. The molecule has 25 heavy (non-hydrogen) atoms. The van der Waals surface area contributed by atoms with Gasteiger partial charge in [0.25, 0.3) is 0 Å². The highest BCUT2D eigenvalue weighted by atomic mass is 16.5. The maximum atomic E-state index is 12.1. The number of carbonyl (C=O) groups excluding carboxylic acids is 1. The Balaban J connectivity index is 1.80. The van der Waals surface area contributed by atoms with E-state index in [1.165, 1.54) is 0 Å². The van der Waals surface area contributed by atoms with Crippen molar-refractivity contribution >= 4 is 11.6 Å². The van der Waals surface area contributed by atoms with Crippen molar-refractivity contribution in [1.82, 2.24) is 5.32 Å². The fraction of sp³-hybridized carbons (Fsp3) is 0.350. The summed E-state index contributed by atoms with van der Waals surface area (Å²) in [4.78, 5) is 12.1. The number of amides is 1. The lowest BCUT2D eigenvalue weighted by molar-refractivity contribution is -0.115. The van der Waals surface area contributed by atoms with Gasteiger partial charge in [0.2, 0.25) is 5.91 Å². The predicted molar refractivity (Wildman–Crippen MR) is 101 cm³/mol. The Morgan fingerprint density at radius 3 is 2.32 bits per heavy atom. The van der Waals surface area contributed by atoms with Crippen LogP contribution in [0.3, 0.4) is 0 Å². The van der Waals surface area contributed by atoms with Crippen LogP contribution in [0, 0.1) is 13.8 Å². The van der Waals surface area contributed by atoms with Gasteiger partial charge in [-0.2, -0.15) is 0 Å². The van der Waals surface area contributed by atoms with Gasteiger partial charge in [-0.05, 0) is 55.6 Å². The Bertz CT molecular complexity index is 709. The molecule has 0 aliphatic carbocycles. The van der Waals surface area contributed by atoms with Crippen LogP contribution in [0.2, 0.25) is 0 Å². The number of benzene rings is 2. The number of hydrogen-bond donors (Lipinski definition) is 2. The van der Waals surface area contributed by atoms with Gasteiger partial charge in [0, 0.05) is 5.69 Å². The second-order valence-corrected chi connectivity index (χ2v) is 5.93. The zero-order chi connectivity index (χ0) is 18.2. The Morgan fingerprint density at radius 2 is 1.68 bits per heavy atom. The Kier molecular flexibility index (Phi) is 6.83. The summed E-state index contributed by atoms with van der Waals surface area (Å²) in [6.45, 7) is 4.97. The van der Waals surface area contributed by atoms with E-state index in [2.05, 4.69) is 10.6 Å². The lowest BCUT2D eigenvalue weighted by Gasteiger charge is -2.12. The van der Waals surface area contributed by atoms with Gasteiger partial charge in [-0.25, -0.2) is 0 Å². The van der Waals surface area contributed by atoms with Crippen molar-refractivity contribution in [1.29, 1.82) is 0 Å². The molecule has 0 saturated carbocycles. The standard InChI is InChI=1S/C20H26N2O3/c1-14-6-5-7-15(2)20(14)22-19(23)13-21-11-10-16-8-9-17(24-3)18(12-16)25-4/h5-9,12,21H,10-11,13H2,1-4H3,(H,22,23). The minimum atomic E-state index is -0.0373. The molecule has 0 saturated heterocycles. The quantitative estimate of drug-likeness (QED) is 0.724. The number of methoxy groups -OCH3 is 2. The van der Waals surface area contributed by atoms with Crippen LogP contribution in [-0.4, -0.2) is 33.2 Å². The number of aryl methyl sites for hydroxylation is 2. The summed E-state index contributed by atoms with van der Waals surface area (Å²) in [6, 6.07) is 11.8. The zero-order valence-electron chi connectivity index (χ0n) is 15.3. The zero-order valence-corrected chi connectivity index (χ0v) is 15.3. The molecule has 134 valence electrons. The fourth-order valence-electron chi connectivity index (χ4n) is 2.67. The summed E-state index contributed by atoms with van der Waals surface area (Å²) in [7, 11) is 3.24. The first-order valence-corrected chi connectivity index (χ1v) is 8.33. The number of para-hydroxylation sites is 1. The highest BCUT2D eigenvalue weighted by molar-refractivity contribution is 5.93. The first kappa shape index (κ1) is 18.8. The molecule has 0 aromatic heterocycles. The second-order valence-electron chi connectivity index (χ2n) is 5.93. The van der Waals surface area contributed by atoms with Crippen molar-refractivity contribution in [2.24, 2.45) is 0 Å². The fourth-order valence-corrected chi connectivity index (χ4v) is 2.67. The normalized spacial score (nSPS) is 10.4. The van der Waals surface area contributed by atoms with E-state index in [1.54, 1.807) is 14.2 Å². The molecule has 0 fully saturated rings. The van der Waals surface area contributed by atoms with E-state index in [-0.39, 0.29) is 12.5 Å². The minimum Gasteiger partial charge on any atom is -0.493 e. The topological polar surface area (TPSA) is 59.6 Å². The molecule has 1 amide bonds. The van der Waals surface area contributed by atoms with Gasteiger partial charge in [0.05, 0.1) is 20.8 Å². The van der Waals surface area contributed by atoms with Crippen molar-refractivity contribution in [3.8, 4) is 11.5 Å². The molecule has 0 aliphatic heterocycles. The molecule has 0 spiro atoms. The van der Waals surface area contributed by atoms with Crippen LogP contribution < -0.4 is 20.1 Å². The monoisotopic (exact) mass is 342 g/mol. The van der Waals surface area contributed by atoms with Crippen molar-refractivity contribution < 1.29 is 14.3 Å². The van der Waals surface area contributed by atoms with Gasteiger partial charge in [-0.15, -0.1) is 0 Å². The van der Waals surface area contributed by atoms with E-state index in [4.69, 9.17) is 9.47 Å². The maximum absolute atomic E-state index is 12.1. The van der Waals surface area contributed by atoms with E-state index in [0.717, 1.165) is 28.8 Å². The molecular weight excluding hydrogens is 316 g/mol. The molecule has 0 bridgehead atoms. The first-order valence-electron chi connectivity index (χ1n) is 8.33. The molecule has 0 unspecified atom stereocenters. The largest absolute Gasteiger partial charge is 0.493 e. The molecule has 2 rings (SSSR count). The molecule has 5 nitrogen and oxygen atoms in total. The van der Waals surface area contributed by atoms with Crippen molar-refractivity contribution in [2.75, 3.05) is 32.6 Å². The number of hydrogen-bond acceptors (Lipinski definition) is 4. The van der Waals surface area contributed by atoms with E-state index in [1.807, 2.05) is 50.2 Å². The summed E-state index contributed by atoms with van der Waals surface area (Å²) in [5.74, 6) is 1.39. The highest BCUT2D eigenvalue weighted by Crippen LogP contribution is 2.27. The summed E-state index contributed by atoms with van der Waals surface area (Å²) in [5.41, 5.74) is 4.16. The van der Waals surface area contributed by atoms with Crippen LogP contribution in [-0.2, 0) is 11.2 Å². The number of rotatable bonds is 8. The molecule has 2 aromatic rings. The molecule has 0 radical (unpaired) electrons. The molecule has 2 N–H and O–H groups in total. The van der Waals surface area contributed by atoms with E-state index < -0.39 is 0 Å². The van der Waals surface area contributed by atoms with Crippen LogP contribution in [0.5, 0.6) is 11.5 Å². The third-order valence-corrected chi connectivity index (χ3v) is 4.07. The van der Waals surface area contributed by atoms with E-state index >= 15 is 0 Å². The molecule has 0 atom stereocenters. The van der Waals surface area contributed by atoms with Crippen LogP contribution in [0.1, 0.15) is 16.7 Å². The average Bonchev–Trinajstić information content (AvgIpc) is 2.61. The lowest BCUT2D eigenvalue weighted by atomic mass is 10.1. The molecule has 5 heteroatoms. The molecular formula is C20H26N2O3. The summed E-state index contributed by atoms with van der Waals surface area (Å²) < 4.78 is 10.5. The van der Waals surface area contributed by atoms with E-state index in [0.29, 0.717) is 18.0 Å². The summed E-state index contributed by atoms with van der Waals surface area (Å²) in [5, 5.41) is 6.15. The smallest absolute Gasteiger partial charge is 0.238 e. The maximum Gasteiger partial charge on any atom is 0.238 e. The number of anilines is 1. The predicted octanol–water partition coefficient (Wildman–Crippen LogP) is 3.09. The van der Waals surface area contributed by atoms with Crippen LogP contribution in [0.4, 0.5) is 5.69 Å². The molecule has 0 aliphatic rings. The van der Waals surface area contributed by atoms with Gasteiger partial charge in [-0.3, -0.25) is 4.79 Å². The van der Waals surface area contributed by atoms with E-state index in [9.17, 15) is 4.79 Å².